The summed E-state index contributed by atoms with van der Waals surface area (Å²) >= 11 is 0. The van der Waals surface area contributed by atoms with Gasteiger partial charge in [0.15, 0.2) is 0 Å². The van der Waals surface area contributed by atoms with Gasteiger partial charge < -0.3 is 15.3 Å². The van der Waals surface area contributed by atoms with Gasteiger partial charge in [0.1, 0.15) is 0 Å². The molecule has 5 nitrogen and oxygen atoms in total. The van der Waals surface area contributed by atoms with E-state index in [1.807, 2.05) is 6.92 Å². The van der Waals surface area contributed by atoms with Crippen molar-refractivity contribution in [3.05, 3.63) is 0 Å². The molecule has 17 heavy (non-hydrogen) atoms. The van der Waals surface area contributed by atoms with E-state index in [0.29, 0.717) is 38.5 Å². The maximum absolute atomic E-state index is 11.9. The first kappa shape index (κ1) is 12.4. The number of nitrogens with one attached hydrogen (secondary N) is 1. The van der Waals surface area contributed by atoms with Gasteiger partial charge in [0.25, 0.3) is 0 Å². The number of likely N-dealkylation sites (tertiary alicyclic amines) is 1. The van der Waals surface area contributed by atoms with Crippen LogP contribution in [0.1, 0.15) is 32.6 Å². The first-order valence-electron chi connectivity index (χ1n) is 6.32. The largest absolute Gasteiger partial charge is 0.481 e. The third-order valence-corrected chi connectivity index (χ3v) is 3.96. The molecule has 1 atom stereocenters. The van der Waals surface area contributed by atoms with E-state index in [2.05, 4.69) is 5.32 Å². The summed E-state index contributed by atoms with van der Waals surface area (Å²) in [5, 5.41) is 12.4. The van der Waals surface area contributed by atoms with E-state index in [4.69, 9.17) is 0 Å². The second kappa shape index (κ2) is 4.64. The highest BCUT2D eigenvalue weighted by Gasteiger charge is 2.44. The van der Waals surface area contributed by atoms with Gasteiger partial charge >= 0.3 is 5.97 Å². The lowest BCUT2D eigenvalue weighted by Crippen LogP contribution is -2.40. The van der Waals surface area contributed by atoms with Gasteiger partial charge in [-0.25, -0.2) is 0 Å². The summed E-state index contributed by atoms with van der Waals surface area (Å²) in [6.07, 6.45) is 3.47. The molecule has 1 aliphatic heterocycles. The monoisotopic (exact) mass is 240 g/mol. The third kappa shape index (κ3) is 2.60. The molecule has 0 bridgehead atoms. The lowest BCUT2D eigenvalue weighted by molar-refractivity contribution is -0.148. The van der Waals surface area contributed by atoms with Crippen LogP contribution in [-0.2, 0) is 9.59 Å². The Morgan fingerprint density at radius 2 is 2.18 bits per heavy atom. The van der Waals surface area contributed by atoms with Crippen molar-refractivity contribution < 1.29 is 14.7 Å². The van der Waals surface area contributed by atoms with Crippen LogP contribution in [0.25, 0.3) is 0 Å². The molecule has 0 aromatic carbocycles. The summed E-state index contributed by atoms with van der Waals surface area (Å²) < 4.78 is 0. The SMILES string of the molecule is CCC1(C(=O)O)CCN(C(=O)CNC2CC2)C1. The fourth-order valence-corrected chi connectivity index (χ4v) is 2.33. The molecule has 1 aliphatic carbocycles. The van der Waals surface area contributed by atoms with Crippen molar-refractivity contribution in [1.82, 2.24) is 10.2 Å². The number of carboxylic acid groups (broad SMARTS) is 1. The Morgan fingerprint density at radius 3 is 2.65 bits per heavy atom. The van der Waals surface area contributed by atoms with Crippen LogP contribution in [0.2, 0.25) is 0 Å². The number of carboxylic acids is 1. The molecule has 0 radical (unpaired) electrons. The minimum atomic E-state index is -0.773. The molecular formula is C12H20N2O3. The number of carbonyl (C=O) groups is 2. The summed E-state index contributed by atoms with van der Waals surface area (Å²) in [6, 6.07) is 0.511. The van der Waals surface area contributed by atoms with Crippen molar-refractivity contribution in [1.29, 1.82) is 0 Å². The highest BCUT2D eigenvalue weighted by molar-refractivity contribution is 5.81. The Bertz CT molecular complexity index is 328. The number of nitrogens with zero attached hydrogens (tertiary/aromatic N) is 1. The van der Waals surface area contributed by atoms with Gasteiger partial charge in [-0.2, -0.15) is 0 Å². The predicted molar refractivity (Wildman–Crippen MR) is 62.6 cm³/mol. The van der Waals surface area contributed by atoms with Crippen molar-refractivity contribution in [3.63, 3.8) is 0 Å². The number of amides is 1. The molecule has 1 saturated heterocycles. The molecular weight excluding hydrogens is 220 g/mol. The smallest absolute Gasteiger partial charge is 0.311 e. The Morgan fingerprint density at radius 1 is 1.47 bits per heavy atom. The first-order valence-corrected chi connectivity index (χ1v) is 6.32. The first-order chi connectivity index (χ1) is 8.07. The molecule has 1 amide bonds. The Labute approximate surface area is 101 Å². The van der Waals surface area contributed by atoms with Crippen molar-refractivity contribution in [3.8, 4) is 0 Å². The number of hydrogen-bond acceptors (Lipinski definition) is 3. The normalized spacial score (nSPS) is 28.4. The minimum Gasteiger partial charge on any atom is -0.481 e. The zero-order valence-electron chi connectivity index (χ0n) is 10.2. The van der Waals surface area contributed by atoms with Gasteiger partial charge in [-0.1, -0.05) is 6.92 Å². The Kier molecular flexibility index (Phi) is 3.38. The van der Waals surface area contributed by atoms with Crippen LogP contribution < -0.4 is 5.32 Å². The summed E-state index contributed by atoms with van der Waals surface area (Å²) in [4.78, 5) is 24.8. The zero-order chi connectivity index (χ0) is 12.5. The van der Waals surface area contributed by atoms with E-state index in [1.165, 1.54) is 0 Å². The highest BCUT2D eigenvalue weighted by atomic mass is 16.4. The van der Waals surface area contributed by atoms with Crippen LogP contribution >= 0.6 is 0 Å². The fraction of sp³-hybridized carbons (Fsp3) is 0.833. The Hall–Kier alpha value is -1.10. The standard InChI is InChI=1S/C12H20N2O3/c1-2-12(11(16)17)5-6-14(8-12)10(15)7-13-9-3-4-9/h9,13H,2-8H2,1H3,(H,16,17). The van der Waals surface area contributed by atoms with E-state index in [0.717, 1.165) is 12.8 Å². The second-order valence-electron chi connectivity index (χ2n) is 5.16. The summed E-state index contributed by atoms with van der Waals surface area (Å²) in [5.41, 5.74) is -0.713. The van der Waals surface area contributed by atoms with E-state index in [9.17, 15) is 14.7 Å². The van der Waals surface area contributed by atoms with E-state index >= 15 is 0 Å². The van der Waals surface area contributed by atoms with Crippen LogP contribution in [0.4, 0.5) is 0 Å². The van der Waals surface area contributed by atoms with Crippen LogP contribution in [0, 0.1) is 5.41 Å². The van der Waals surface area contributed by atoms with Gasteiger partial charge in [0.05, 0.1) is 12.0 Å². The van der Waals surface area contributed by atoms with Gasteiger partial charge in [0, 0.05) is 19.1 Å². The lowest BCUT2D eigenvalue weighted by atomic mass is 9.84. The minimum absolute atomic E-state index is 0.0356. The number of rotatable bonds is 5. The quantitative estimate of drug-likeness (QED) is 0.732. The maximum Gasteiger partial charge on any atom is 0.311 e. The summed E-state index contributed by atoms with van der Waals surface area (Å²) in [5.74, 6) is -0.737. The van der Waals surface area contributed by atoms with E-state index in [1.54, 1.807) is 4.90 Å². The average Bonchev–Trinajstić information content (AvgIpc) is 3.02. The molecule has 1 saturated carbocycles. The van der Waals surface area contributed by atoms with Gasteiger partial charge in [-0.05, 0) is 25.7 Å². The summed E-state index contributed by atoms with van der Waals surface area (Å²) in [6.45, 7) is 3.17. The van der Waals surface area contributed by atoms with Crippen molar-refractivity contribution >= 4 is 11.9 Å². The molecule has 2 fully saturated rings. The number of aliphatic carboxylic acids is 1. The third-order valence-electron chi connectivity index (χ3n) is 3.96. The van der Waals surface area contributed by atoms with E-state index in [-0.39, 0.29) is 5.91 Å². The molecule has 96 valence electrons. The number of carbonyl (C=O) groups excluding carboxylic acids is 1. The molecule has 1 unspecified atom stereocenters. The van der Waals surface area contributed by atoms with Gasteiger partial charge in [0.2, 0.25) is 5.91 Å². The average molecular weight is 240 g/mol. The van der Waals surface area contributed by atoms with Crippen LogP contribution in [0.3, 0.4) is 0 Å². The molecule has 5 heteroatoms. The van der Waals surface area contributed by atoms with Crippen LogP contribution in [0.5, 0.6) is 0 Å². The topological polar surface area (TPSA) is 69.6 Å². The molecule has 2 rings (SSSR count). The summed E-state index contributed by atoms with van der Waals surface area (Å²) in [7, 11) is 0. The van der Waals surface area contributed by atoms with Crippen LogP contribution in [0.15, 0.2) is 0 Å². The molecule has 2 N–H and O–H groups in total. The highest BCUT2D eigenvalue weighted by Crippen LogP contribution is 2.34. The number of hydrogen-bond donors (Lipinski definition) is 2. The molecule has 2 aliphatic rings. The molecule has 0 aromatic heterocycles. The fourth-order valence-electron chi connectivity index (χ4n) is 2.33. The van der Waals surface area contributed by atoms with E-state index < -0.39 is 11.4 Å². The molecule has 1 heterocycles. The van der Waals surface area contributed by atoms with Crippen molar-refractivity contribution in [2.45, 2.75) is 38.6 Å². The lowest BCUT2D eigenvalue weighted by Gasteiger charge is -2.23. The second-order valence-corrected chi connectivity index (χ2v) is 5.16. The van der Waals surface area contributed by atoms with Crippen molar-refractivity contribution in [2.75, 3.05) is 19.6 Å². The zero-order valence-corrected chi connectivity index (χ0v) is 10.2. The van der Waals surface area contributed by atoms with Gasteiger partial charge in [-0.15, -0.1) is 0 Å². The van der Waals surface area contributed by atoms with Gasteiger partial charge in [-0.3, -0.25) is 9.59 Å². The predicted octanol–water partition coefficient (Wildman–Crippen LogP) is 0.452. The molecule has 0 spiro atoms. The van der Waals surface area contributed by atoms with Crippen molar-refractivity contribution in [2.24, 2.45) is 5.41 Å². The molecule has 0 aromatic rings. The van der Waals surface area contributed by atoms with Crippen LogP contribution in [-0.4, -0.2) is 47.6 Å². The Balaban J connectivity index is 1.86. The maximum atomic E-state index is 11.9.